The molecule has 1 aromatic rings. The van der Waals surface area contributed by atoms with Gasteiger partial charge in [0.1, 0.15) is 5.78 Å². The Bertz CT molecular complexity index is 896. The summed E-state index contributed by atoms with van der Waals surface area (Å²) in [7, 11) is 0. The number of esters is 1. The van der Waals surface area contributed by atoms with Gasteiger partial charge in [-0.3, -0.25) is 14.9 Å². The molecule has 1 aromatic carbocycles. The summed E-state index contributed by atoms with van der Waals surface area (Å²) in [6.45, 7) is 7.72. The third kappa shape index (κ3) is 3.56. The van der Waals surface area contributed by atoms with Crippen molar-refractivity contribution in [2.75, 3.05) is 6.61 Å². The van der Waals surface area contributed by atoms with Crippen LogP contribution in [-0.4, -0.2) is 23.3 Å². The average molecular weight is 384 g/mol. The fourth-order valence-electron chi connectivity index (χ4n) is 4.11. The highest BCUT2D eigenvalue weighted by Crippen LogP contribution is 2.47. The maximum atomic E-state index is 13.1. The summed E-state index contributed by atoms with van der Waals surface area (Å²) in [4.78, 5) is 36.3. The van der Waals surface area contributed by atoms with Gasteiger partial charge in [0.05, 0.1) is 23.0 Å². The fraction of sp³-hybridized carbons (Fsp3) is 0.429. The Balaban J connectivity index is 2.17. The first-order chi connectivity index (χ1) is 13.1. The molecule has 1 aliphatic carbocycles. The Kier molecular flexibility index (Phi) is 5.10. The molecule has 0 spiro atoms. The molecule has 0 bridgehead atoms. The zero-order valence-corrected chi connectivity index (χ0v) is 16.4. The van der Waals surface area contributed by atoms with Crippen LogP contribution in [0.4, 0.5) is 5.69 Å². The van der Waals surface area contributed by atoms with E-state index in [-0.39, 0.29) is 23.5 Å². The van der Waals surface area contributed by atoms with E-state index in [1.54, 1.807) is 26.0 Å². The number of rotatable bonds is 4. The Morgan fingerprint density at radius 1 is 1.29 bits per heavy atom. The number of nitro groups is 1. The molecular formula is C21H24N2O5. The lowest BCUT2D eigenvalue weighted by molar-refractivity contribution is -0.384. The van der Waals surface area contributed by atoms with Crippen LogP contribution in [0.2, 0.25) is 0 Å². The first-order valence-corrected chi connectivity index (χ1v) is 9.29. The van der Waals surface area contributed by atoms with Crippen molar-refractivity contribution in [3.63, 3.8) is 0 Å². The van der Waals surface area contributed by atoms with Gasteiger partial charge in [0.15, 0.2) is 0 Å². The smallest absolute Gasteiger partial charge is 0.336 e. The van der Waals surface area contributed by atoms with Gasteiger partial charge < -0.3 is 10.1 Å². The van der Waals surface area contributed by atoms with Crippen molar-refractivity contribution < 1.29 is 19.2 Å². The minimum Gasteiger partial charge on any atom is -0.463 e. The number of ether oxygens (including phenoxy) is 1. The summed E-state index contributed by atoms with van der Waals surface area (Å²) in [5.41, 5.74) is 2.16. The second-order valence-electron chi connectivity index (χ2n) is 7.92. The molecule has 2 unspecified atom stereocenters. The molecule has 2 aliphatic rings. The van der Waals surface area contributed by atoms with Gasteiger partial charge in [0.25, 0.3) is 5.69 Å². The highest BCUT2D eigenvalue weighted by atomic mass is 16.6. The van der Waals surface area contributed by atoms with Crippen molar-refractivity contribution in [3.8, 4) is 0 Å². The zero-order valence-electron chi connectivity index (χ0n) is 16.4. The number of nitro benzene ring substituents is 1. The maximum Gasteiger partial charge on any atom is 0.336 e. The van der Waals surface area contributed by atoms with Gasteiger partial charge in [0.2, 0.25) is 0 Å². The molecule has 1 aliphatic heterocycles. The third-order valence-corrected chi connectivity index (χ3v) is 5.20. The molecule has 1 N–H and O–H groups in total. The Hall–Kier alpha value is -2.96. The molecule has 148 valence electrons. The van der Waals surface area contributed by atoms with E-state index in [0.717, 1.165) is 5.70 Å². The molecule has 1 heterocycles. The standard InChI is InChI=1S/C21H24N2O5/c1-5-28-20(25)17-12(2)22-15-10-21(3,4)11-16(24)19(15)18(17)13-6-8-14(9-7-13)23(26)27/h6-10,18-19,22H,5,11H2,1-4H3. The van der Waals surface area contributed by atoms with Crippen LogP contribution in [0.5, 0.6) is 0 Å². The van der Waals surface area contributed by atoms with Crippen LogP contribution in [0.15, 0.2) is 47.3 Å². The molecule has 0 saturated heterocycles. The van der Waals surface area contributed by atoms with Crippen LogP contribution in [0, 0.1) is 21.4 Å². The van der Waals surface area contributed by atoms with E-state index < -0.39 is 22.7 Å². The van der Waals surface area contributed by atoms with Gasteiger partial charge in [-0.15, -0.1) is 0 Å². The molecule has 0 saturated carbocycles. The molecule has 0 radical (unpaired) electrons. The van der Waals surface area contributed by atoms with Gasteiger partial charge >= 0.3 is 5.97 Å². The number of ketones is 1. The number of Topliss-reactive ketones (excluding diaryl/α,β-unsaturated/α-hetero) is 1. The lowest BCUT2D eigenvalue weighted by atomic mass is 9.66. The van der Waals surface area contributed by atoms with Crippen LogP contribution in [0.3, 0.4) is 0 Å². The first kappa shape index (κ1) is 19.8. The number of allylic oxidation sites excluding steroid dienone is 3. The maximum absolute atomic E-state index is 13.1. The minimum absolute atomic E-state index is 0.0349. The Labute approximate surface area is 163 Å². The summed E-state index contributed by atoms with van der Waals surface area (Å²) in [6.07, 6.45) is 2.41. The van der Waals surface area contributed by atoms with Crippen molar-refractivity contribution >= 4 is 17.4 Å². The molecule has 3 rings (SSSR count). The van der Waals surface area contributed by atoms with Gasteiger partial charge in [0, 0.05) is 35.9 Å². The van der Waals surface area contributed by atoms with Gasteiger partial charge in [-0.05, 0) is 24.8 Å². The fourth-order valence-corrected chi connectivity index (χ4v) is 4.11. The molecule has 0 aromatic heterocycles. The van der Waals surface area contributed by atoms with Gasteiger partial charge in [-0.2, -0.15) is 0 Å². The quantitative estimate of drug-likeness (QED) is 0.484. The van der Waals surface area contributed by atoms with E-state index in [4.69, 9.17) is 4.74 Å². The number of fused-ring (bicyclic) bond motifs is 1. The zero-order chi connectivity index (χ0) is 20.6. The van der Waals surface area contributed by atoms with E-state index in [1.807, 2.05) is 19.9 Å². The van der Waals surface area contributed by atoms with Crippen LogP contribution in [0.25, 0.3) is 0 Å². The predicted molar refractivity (Wildman–Crippen MR) is 103 cm³/mol. The normalized spacial score (nSPS) is 23.4. The topological polar surface area (TPSA) is 98.5 Å². The third-order valence-electron chi connectivity index (χ3n) is 5.20. The van der Waals surface area contributed by atoms with Crippen LogP contribution < -0.4 is 5.32 Å². The lowest BCUT2D eigenvalue weighted by Gasteiger charge is -2.41. The second-order valence-corrected chi connectivity index (χ2v) is 7.92. The average Bonchev–Trinajstić information content (AvgIpc) is 2.59. The molecule has 28 heavy (non-hydrogen) atoms. The van der Waals surface area contributed by atoms with Crippen molar-refractivity contribution in [2.24, 2.45) is 11.3 Å². The summed E-state index contributed by atoms with van der Waals surface area (Å²) in [6, 6.07) is 6.03. The molecule has 0 amide bonds. The summed E-state index contributed by atoms with van der Waals surface area (Å²) >= 11 is 0. The largest absolute Gasteiger partial charge is 0.463 e. The van der Waals surface area contributed by atoms with E-state index in [1.165, 1.54) is 12.1 Å². The van der Waals surface area contributed by atoms with Gasteiger partial charge in [-0.1, -0.05) is 32.1 Å². The molecular weight excluding hydrogens is 360 g/mol. The van der Waals surface area contributed by atoms with E-state index in [0.29, 0.717) is 23.3 Å². The Morgan fingerprint density at radius 3 is 2.50 bits per heavy atom. The summed E-state index contributed by atoms with van der Waals surface area (Å²) in [5, 5.41) is 14.2. The highest BCUT2D eigenvalue weighted by Gasteiger charge is 2.46. The van der Waals surface area contributed by atoms with Crippen molar-refractivity contribution in [2.45, 2.75) is 40.0 Å². The van der Waals surface area contributed by atoms with Crippen molar-refractivity contribution in [1.29, 1.82) is 0 Å². The monoisotopic (exact) mass is 384 g/mol. The second kappa shape index (κ2) is 7.22. The number of carbonyl (C=O) groups is 2. The van der Waals surface area contributed by atoms with E-state index in [9.17, 15) is 19.7 Å². The van der Waals surface area contributed by atoms with Crippen LogP contribution >= 0.6 is 0 Å². The van der Waals surface area contributed by atoms with Crippen molar-refractivity contribution in [1.82, 2.24) is 5.32 Å². The lowest BCUT2D eigenvalue weighted by Crippen LogP contribution is -2.43. The van der Waals surface area contributed by atoms with E-state index in [2.05, 4.69) is 5.32 Å². The molecule has 0 fully saturated rings. The van der Waals surface area contributed by atoms with Gasteiger partial charge in [-0.25, -0.2) is 4.79 Å². The highest BCUT2D eigenvalue weighted by molar-refractivity contribution is 5.96. The Morgan fingerprint density at radius 2 is 1.93 bits per heavy atom. The number of benzene rings is 1. The molecule has 7 heteroatoms. The SMILES string of the molecule is CCOC(=O)C1=C(C)NC2=CC(C)(C)CC(=O)C2C1c1ccc([N+](=O)[O-])cc1. The number of hydrogen-bond acceptors (Lipinski definition) is 6. The summed E-state index contributed by atoms with van der Waals surface area (Å²) in [5.74, 6) is -1.53. The van der Waals surface area contributed by atoms with E-state index >= 15 is 0 Å². The number of nitrogens with one attached hydrogen (secondary N) is 1. The number of carbonyl (C=O) groups excluding carboxylic acids is 2. The first-order valence-electron chi connectivity index (χ1n) is 9.29. The molecule has 7 nitrogen and oxygen atoms in total. The number of hydrogen-bond donors (Lipinski definition) is 1. The van der Waals surface area contributed by atoms with Crippen LogP contribution in [-0.2, 0) is 14.3 Å². The van der Waals surface area contributed by atoms with Crippen LogP contribution in [0.1, 0.15) is 45.6 Å². The molecule has 2 atom stereocenters. The summed E-state index contributed by atoms with van der Waals surface area (Å²) < 4.78 is 5.25. The number of non-ortho nitro benzene ring substituents is 1. The number of nitrogens with zero attached hydrogens (tertiary/aromatic N) is 1. The van der Waals surface area contributed by atoms with Crippen molar-refractivity contribution in [3.05, 3.63) is 63.0 Å². The predicted octanol–water partition coefficient (Wildman–Crippen LogP) is 3.62. The minimum atomic E-state index is -0.545.